The van der Waals surface area contributed by atoms with Crippen LogP contribution in [0.1, 0.15) is 17.0 Å². The number of benzene rings is 1. The lowest BCUT2D eigenvalue weighted by atomic mass is 10.1. The molecule has 112 valence electrons. The van der Waals surface area contributed by atoms with Crippen molar-refractivity contribution < 1.29 is 14.1 Å². The number of rotatable bonds is 6. The second-order valence-corrected chi connectivity index (χ2v) is 5.02. The lowest BCUT2D eigenvalue weighted by Gasteiger charge is -2.16. The molecule has 0 radical (unpaired) electrons. The molecule has 0 aliphatic carbocycles. The Morgan fingerprint density at radius 1 is 1.33 bits per heavy atom. The first kappa shape index (κ1) is 15.1. The van der Waals surface area contributed by atoms with E-state index in [4.69, 9.17) is 9.26 Å². The van der Waals surface area contributed by atoms with E-state index in [1.807, 2.05) is 31.2 Å². The van der Waals surface area contributed by atoms with Crippen molar-refractivity contribution >= 4 is 5.91 Å². The smallest absolute Gasteiger partial charge is 0.228 e. The molecule has 0 fully saturated rings. The van der Waals surface area contributed by atoms with Gasteiger partial charge in [0.25, 0.3) is 0 Å². The molecular formula is C16H20N2O3. The minimum Gasteiger partial charge on any atom is -0.497 e. The Kier molecular flexibility index (Phi) is 4.98. The molecule has 5 nitrogen and oxygen atoms in total. The minimum atomic E-state index is 0.0387. The molecule has 1 amide bonds. The van der Waals surface area contributed by atoms with Crippen LogP contribution in [0.15, 0.2) is 34.9 Å². The summed E-state index contributed by atoms with van der Waals surface area (Å²) in [4.78, 5) is 13.8. The van der Waals surface area contributed by atoms with Crippen LogP contribution in [0.25, 0.3) is 0 Å². The molecule has 0 saturated heterocycles. The predicted octanol–water partition coefficient (Wildman–Crippen LogP) is 2.24. The van der Waals surface area contributed by atoms with Crippen LogP contribution in [-0.4, -0.2) is 36.7 Å². The fourth-order valence-electron chi connectivity index (χ4n) is 2.00. The molecule has 1 aromatic heterocycles. The molecule has 21 heavy (non-hydrogen) atoms. The van der Waals surface area contributed by atoms with Gasteiger partial charge in [0, 0.05) is 19.7 Å². The van der Waals surface area contributed by atoms with Crippen LogP contribution in [-0.2, 0) is 17.6 Å². The quantitative estimate of drug-likeness (QED) is 0.818. The first-order valence-corrected chi connectivity index (χ1v) is 6.87. The zero-order valence-corrected chi connectivity index (χ0v) is 12.6. The van der Waals surface area contributed by atoms with Crippen molar-refractivity contribution in [2.45, 2.75) is 19.8 Å². The zero-order chi connectivity index (χ0) is 15.2. The Hall–Kier alpha value is -2.30. The van der Waals surface area contributed by atoms with Crippen molar-refractivity contribution in [2.75, 3.05) is 20.7 Å². The molecular weight excluding hydrogens is 268 g/mol. The summed E-state index contributed by atoms with van der Waals surface area (Å²) < 4.78 is 10.1. The Morgan fingerprint density at radius 2 is 2.05 bits per heavy atom. The summed E-state index contributed by atoms with van der Waals surface area (Å²) in [6, 6.07) is 9.66. The molecule has 1 aromatic carbocycles. The lowest BCUT2D eigenvalue weighted by molar-refractivity contribution is -0.129. The first-order valence-electron chi connectivity index (χ1n) is 6.87. The second-order valence-electron chi connectivity index (χ2n) is 5.02. The van der Waals surface area contributed by atoms with Gasteiger partial charge >= 0.3 is 0 Å². The molecule has 2 aromatic rings. The highest BCUT2D eigenvalue weighted by atomic mass is 16.5. The van der Waals surface area contributed by atoms with Crippen LogP contribution in [0.3, 0.4) is 0 Å². The second kappa shape index (κ2) is 6.92. The Morgan fingerprint density at radius 3 is 2.62 bits per heavy atom. The summed E-state index contributed by atoms with van der Waals surface area (Å²) >= 11 is 0. The topological polar surface area (TPSA) is 55.6 Å². The number of ether oxygens (including phenoxy) is 1. The number of hydrogen-bond acceptors (Lipinski definition) is 4. The predicted molar refractivity (Wildman–Crippen MR) is 79.3 cm³/mol. The van der Waals surface area contributed by atoms with Crippen molar-refractivity contribution in [1.82, 2.24) is 10.1 Å². The number of hydrogen-bond donors (Lipinski definition) is 0. The molecule has 0 spiro atoms. The first-order chi connectivity index (χ1) is 10.1. The van der Waals surface area contributed by atoms with Gasteiger partial charge in [0.15, 0.2) is 0 Å². The van der Waals surface area contributed by atoms with E-state index >= 15 is 0 Å². The molecule has 0 N–H and O–H groups in total. The number of aromatic nitrogens is 1. The molecule has 5 heteroatoms. The summed E-state index contributed by atoms with van der Waals surface area (Å²) in [6.07, 6.45) is 1.08. The highest BCUT2D eigenvalue weighted by Crippen LogP contribution is 2.12. The summed E-state index contributed by atoms with van der Waals surface area (Å²) in [5.74, 6) is 1.60. The molecule has 0 saturated carbocycles. The van der Waals surface area contributed by atoms with E-state index in [0.717, 1.165) is 17.9 Å². The third-order valence-electron chi connectivity index (χ3n) is 3.33. The maximum Gasteiger partial charge on any atom is 0.228 e. The average Bonchev–Trinajstić information content (AvgIpc) is 2.90. The fraction of sp³-hybridized carbons (Fsp3) is 0.375. The maximum absolute atomic E-state index is 12.1. The van der Waals surface area contributed by atoms with Crippen molar-refractivity contribution in [3.63, 3.8) is 0 Å². The standard InChI is InChI=1S/C16H20N2O3/c1-12-10-14(17-21-12)11-16(19)18(2)9-8-13-4-6-15(20-3)7-5-13/h4-7,10H,8-9,11H2,1-3H3. The van der Waals surface area contributed by atoms with E-state index in [2.05, 4.69) is 5.16 Å². The van der Waals surface area contributed by atoms with Gasteiger partial charge in [-0.05, 0) is 31.0 Å². The van der Waals surface area contributed by atoms with E-state index in [1.54, 1.807) is 25.1 Å². The Labute approximate surface area is 124 Å². The summed E-state index contributed by atoms with van der Waals surface area (Å²) in [5.41, 5.74) is 1.85. The van der Waals surface area contributed by atoms with Crippen LogP contribution in [0.4, 0.5) is 0 Å². The maximum atomic E-state index is 12.1. The molecule has 0 unspecified atom stereocenters. The molecule has 0 aliphatic heterocycles. The Balaban J connectivity index is 1.82. The highest BCUT2D eigenvalue weighted by molar-refractivity contribution is 5.78. The van der Waals surface area contributed by atoms with E-state index in [9.17, 15) is 4.79 Å². The largest absolute Gasteiger partial charge is 0.497 e. The van der Waals surface area contributed by atoms with E-state index in [-0.39, 0.29) is 12.3 Å². The van der Waals surface area contributed by atoms with Crippen LogP contribution in [0.5, 0.6) is 5.75 Å². The number of nitrogens with zero attached hydrogens (tertiary/aromatic N) is 2. The number of methoxy groups -OCH3 is 1. The highest BCUT2D eigenvalue weighted by Gasteiger charge is 2.12. The van der Waals surface area contributed by atoms with Gasteiger partial charge < -0.3 is 14.2 Å². The normalized spacial score (nSPS) is 10.4. The van der Waals surface area contributed by atoms with E-state index < -0.39 is 0 Å². The minimum absolute atomic E-state index is 0.0387. The van der Waals surface area contributed by atoms with Gasteiger partial charge in [-0.2, -0.15) is 0 Å². The number of likely N-dealkylation sites (N-methyl/N-ethyl adjacent to an activating group) is 1. The fourth-order valence-corrected chi connectivity index (χ4v) is 2.00. The lowest BCUT2D eigenvalue weighted by Crippen LogP contribution is -2.30. The molecule has 0 bridgehead atoms. The van der Waals surface area contributed by atoms with E-state index in [1.165, 1.54) is 5.56 Å². The number of carbonyl (C=O) groups excluding carboxylic acids is 1. The molecule has 2 rings (SSSR count). The van der Waals surface area contributed by atoms with Gasteiger partial charge in [-0.25, -0.2) is 0 Å². The van der Waals surface area contributed by atoms with Gasteiger partial charge in [0.2, 0.25) is 5.91 Å². The third kappa shape index (κ3) is 4.34. The number of aryl methyl sites for hydroxylation is 1. The van der Waals surface area contributed by atoms with Gasteiger partial charge in [-0.15, -0.1) is 0 Å². The van der Waals surface area contributed by atoms with E-state index in [0.29, 0.717) is 12.2 Å². The summed E-state index contributed by atoms with van der Waals surface area (Å²) in [6.45, 7) is 2.48. The van der Waals surface area contributed by atoms with Gasteiger partial charge in [-0.3, -0.25) is 4.79 Å². The summed E-state index contributed by atoms with van der Waals surface area (Å²) in [5, 5.41) is 3.84. The SMILES string of the molecule is COc1ccc(CCN(C)C(=O)Cc2cc(C)on2)cc1. The third-order valence-corrected chi connectivity index (χ3v) is 3.33. The number of amides is 1. The van der Waals surface area contributed by atoms with Crippen LogP contribution in [0, 0.1) is 6.92 Å². The summed E-state index contributed by atoms with van der Waals surface area (Å²) in [7, 11) is 3.45. The monoisotopic (exact) mass is 288 g/mol. The van der Waals surface area contributed by atoms with Gasteiger partial charge in [0.05, 0.1) is 19.2 Å². The van der Waals surface area contributed by atoms with Crippen molar-refractivity contribution in [3.8, 4) is 5.75 Å². The van der Waals surface area contributed by atoms with Gasteiger partial charge in [0.1, 0.15) is 11.5 Å². The Bertz CT molecular complexity index is 590. The average molecular weight is 288 g/mol. The molecule has 0 atom stereocenters. The molecule has 0 aliphatic rings. The van der Waals surface area contributed by atoms with Crippen LogP contribution < -0.4 is 4.74 Å². The zero-order valence-electron chi connectivity index (χ0n) is 12.6. The van der Waals surface area contributed by atoms with Crippen LogP contribution >= 0.6 is 0 Å². The number of carbonyl (C=O) groups is 1. The van der Waals surface area contributed by atoms with Crippen molar-refractivity contribution in [2.24, 2.45) is 0 Å². The van der Waals surface area contributed by atoms with Crippen molar-refractivity contribution in [1.29, 1.82) is 0 Å². The van der Waals surface area contributed by atoms with Crippen LogP contribution in [0.2, 0.25) is 0 Å². The molecule has 1 heterocycles. The van der Waals surface area contributed by atoms with Gasteiger partial charge in [-0.1, -0.05) is 17.3 Å². The van der Waals surface area contributed by atoms with Crippen molar-refractivity contribution in [3.05, 3.63) is 47.3 Å².